The number of carbonyl (C=O) groups is 1. The third-order valence-electron chi connectivity index (χ3n) is 4.81. The predicted molar refractivity (Wildman–Crippen MR) is 77.9 cm³/mol. The van der Waals surface area contributed by atoms with Crippen molar-refractivity contribution < 1.29 is 4.79 Å². The van der Waals surface area contributed by atoms with Gasteiger partial charge in [0.1, 0.15) is 0 Å². The summed E-state index contributed by atoms with van der Waals surface area (Å²) in [5, 5.41) is 3.14. The molecule has 1 rings (SSSR count). The van der Waals surface area contributed by atoms with Crippen molar-refractivity contribution in [2.45, 2.75) is 59.3 Å². The maximum atomic E-state index is 12.1. The van der Waals surface area contributed by atoms with Crippen molar-refractivity contribution in [1.82, 2.24) is 5.32 Å². The number of amides is 1. The highest BCUT2D eigenvalue weighted by Crippen LogP contribution is 2.30. The molecular formula is C15H28ClNO. The lowest BCUT2D eigenvalue weighted by atomic mass is 9.81. The number of alkyl halides is 1. The molecule has 0 aromatic heterocycles. The van der Waals surface area contributed by atoms with Gasteiger partial charge in [-0.25, -0.2) is 0 Å². The van der Waals surface area contributed by atoms with E-state index in [1.165, 1.54) is 12.8 Å². The second kappa shape index (κ2) is 7.37. The van der Waals surface area contributed by atoms with Crippen molar-refractivity contribution in [3.8, 4) is 0 Å². The third-order valence-corrected chi connectivity index (χ3v) is 5.37. The zero-order valence-electron chi connectivity index (χ0n) is 12.1. The average Bonchev–Trinajstić information content (AvgIpc) is 2.41. The first-order chi connectivity index (χ1) is 8.56. The van der Waals surface area contributed by atoms with Crippen molar-refractivity contribution in [3.05, 3.63) is 0 Å². The molecule has 3 heteroatoms. The van der Waals surface area contributed by atoms with E-state index in [4.69, 9.17) is 11.6 Å². The van der Waals surface area contributed by atoms with Crippen LogP contribution in [0.25, 0.3) is 0 Å². The van der Waals surface area contributed by atoms with E-state index in [9.17, 15) is 4.79 Å². The maximum absolute atomic E-state index is 12.1. The minimum atomic E-state index is 0.0825. The first kappa shape index (κ1) is 15.8. The van der Waals surface area contributed by atoms with Gasteiger partial charge >= 0.3 is 0 Å². The molecule has 0 spiro atoms. The van der Waals surface area contributed by atoms with E-state index in [0.717, 1.165) is 38.1 Å². The molecule has 0 saturated heterocycles. The first-order valence-electron chi connectivity index (χ1n) is 7.40. The largest absolute Gasteiger partial charge is 0.355 e. The van der Waals surface area contributed by atoms with Crippen molar-refractivity contribution in [3.63, 3.8) is 0 Å². The van der Waals surface area contributed by atoms with Crippen LogP contribution in [0.5, 0.6) is 0 Å². The Morgan fingerprint density at radius 3 is 2.22 bits per heavy atom. The van der Waals surface area contributed by atoms with Crippen LogP contribution in [0.2, 0.25) is 0 Å². The van der Waals surface area contributed by atoms with Crippen LogP contribution in [0, 0.1) is 17.3 Å². The summed E-state index contributed by atoms with van der Waals surface area (Å²) in [7, 11) is 0. The fourth-order valence-corrected chi connectivity index (χ4v) is 3.15. The molecule has 0 atom stereocenters. The molecular weight excluding hydrogens is 246 g/mol. The summed E-state index contributed by atoms with van der Waals surface area (Å²) >= 11 is 6.06. The summed E-state index contributed by atoms with van der Waals surface area (Å²) in [4.78, 5) is 12.1. The average molecular weight is 274 g/mol. The van der Waals surface area contributed by atoms with Crippen molar-refractivity contribution in [2.75, 3.05) is 12.4 Å². The Morgan fingerprint density at radius 1 is 1.22 bits per heavy atom. The second-order valence-corrected chi connectivity index (χ2v) is 6.28. The number of nitrogens with one attached hydrogen (secondary N) is 1. The van der Waals surface area contributed by atoms with Gasteiger partial charge in [-0.15, -0.1) is 11.6 Å². The number of halogens is 1. The Kier molecular flexibility index (Phi) is 6.48. The van der Waals surface area contributed by atoms with E-state index < -0.39 is 0 Å². The van der Waals surface area contributed by atoms with Crippen LogP contribution in [-0.2, 0) is 4.79 Å². The highest BCUT2D eigenvalue weighted by Gasteiger charge is 2.28. The Morgan fingerprint density at radius 2 is 1.78 bits per heavy atom. The molecule has 0 aromatic rings. The minimum Gasteiger partial charge on any atom is -0.355 e. The molecule has 1 fully saturated rings. The van der Waals surface area contributed by atoms with Gasteiger partial charge in [-0.05, 0) is 44.4 Å². The van der Waals surface area contributed by atoms with Crippen molar-refractivity contribution in [1.29, 1.82) is 0 Å². The lowest BCUT2D eigenvalue weighted by Gasteiger charge is -2.31. The summed E-state index contributed by atoms with van der Waals surface area (Å²) in [5.41, 5.74) is 0.0825. The zero-order chi connectivity index (χ0) is 13.6. The molecule has 0 unspecified atom stereocenters. The maximum Gasteiger partial charge on any atom is 0.223 e. The highest BCUT2D eigenvalue weighted by atomic mass is 35.5. The van der Waals surface area contributed by atoms with E-state index in [0.29, 0.717) is 5.88 Å². The molecule has 0 bridgehead atoms. The fourth-order valence-electron chi connectivity index (χ4n) is 2.68. The minimum absolute atomic E-state index is 0.0825. The van der Waals surface area contributed by atoms with Crippen LogP contribution in [-0.4, -0.2) is 18.3 Å². The molecule has 1 amide bonds. The first-order valence-corrected chi connectivity index (χ1v) is 7.94. The second-order valence-electron chi connectivity index (χ2n) is 6.02. The van der Waals surface area contributed by atoms with Crippen LogP contribution in [0.1, 0.15) is 59.3 Å². The zero-order valence-corrected chi connectivity index (χ0v) is 12.9. The van der Waals surface area contributed by atoms with Crippen LogP contribution in [0.4, 0.5) is 0 Å². The Hall–Kier alpha value is -0.240. The molecule has 1 aliphatic rings. The molecule has 0 radical (unpaired) electrons. The predicted octanol–water partition coefficient (Wildman–Crippen LogP) is 3.97. The summed E-state index contributed by atoms with van der Waals surface area (Å²) in [6.07, 6.45) is 6.54. The molecule has 0 aliphatic heterocycles. The standard InChI is InChI=1S/C15H28ClNO/c1-4-15(5-2,10-16)11-17-14(18)13-8-6-12(3)7-9-13/h12-13H,4-11H2,1-3H3,(H,17,18). The molecule has 0 aromatic carbocycles. The number of hydrogen-bond acceptors (Lipinski definition) is 1. The van der Waals surface area contributed by atoms with Gasteiger partial charge in [0.05, 0.1) is 0 Å². The normalized spacial score (nSPS) is 24.9. The Bertz CT molecular complexity index is 247. The summed E-state index contributed by atoms with van der Waals surface area (Å²) in [6.45, 7) is 7.32. The van der Waals surface area contributed by atoms with Gasteiger partial charge in [0.25, 0.3) is 0 Å². The van der Waals surface area contributed by atoms with E-state index in [1.807, 2.05) is 0 Å². The number of rotatable bonds is 6. The number of hydrogen-bond donors (Lipinski definition) is 1. The fraction of sp³-hybridized carbons (Fsp3) is 0.933. The lowest BCUT2D eigenvalue weighted by Crippen LogP contribution is -2.41. The van der Waals surface area contributed by atoms with Gasteiger partial charge in [0, 0.05) is 23.8 Å². The topological polar surface area (TPSA) is 29.1 Å². The molecule has 1 aliphatic carbocycles. The van der Waals surface area contributed by atoms with Gasteiger partial charge in [-0.3, -0.25) is 4.79 Å². The van der Waals surface area contributed by atoms with Crippen LogP contribution < -0.4 is 5.32 Å². The molecule has 1 saturated carbocycles. The van der Waals surface area contributed by atoms with Crippen molar-refractivity contribution >= 4 is 17.5 Å². The SMILES string of the molecule is CCC(CC)(CCl)CNC(=O)C1CCC(C)CC1. The van der Waals surface area contributed by atoms with Crippen LogP contribution in [0.15, 0.2) is 0 Å². The summed E-state index contributed by atoms with van der Waals surface area (Å²) in [6, 6.07) is 0. The summed E-state index contributed by atoms with van der Waals surface area (Å²) in [5.74, 6) is 1.91. The van der Waals surface area contributed by atoms with Gasteiger partial charge in [0.2, 0.25) is 5.91 Å². The smallest absolute Gasteiger partial charge is 0.223 e. The van der Waals surface area contributed by atoms with Crippen LogP contribution >= 0.6 is 11.6 Å². The molecule has 1 N–H and O–H groups in total. The molecule has 18 heavy (non-hydrogen) atoms. The van der Waals surface area contributed by atoms with Gasteiger partial charge in [0.15, 0.2) is 0 Å². The van der Waals surface area contributed by atoms with E-state index in [1.54, 1.807) is 0 Å². The summed E-state index contributed by atoms with van der Waals surface area (Å²) < 4.78 is 0. The van der Waals surface area contributed by atoms with E-state index in [2.05, 4.69) is 26.1 Å². The lowest BCUT2D eigenvalue weighted by molar-refractivity contribution is -0.126. The number of carbonyl (C=O) groups excluding carboxylic acids is 1. The van der Waals surface area contributed by atoms with Gasteiger partial charge < -0.3 is 5.32 Å². The molecule has 0 heterocycles. The highest BCUT2D eigenvalue weighted by molar-refractivity contribution is 6.18. The van der Waals surface area contributed by atoms with E-state index in [-0.39, 0.29) is 17.2 Å². The van der Waals surface area contributed by atoms with Crippen molar-refractivity contribution in [2.24, 2.45) is 17.3 Å². The molecule has 106 valence electrons. The van der Waals surface area contributed by atoms with E-state index >= 15 is 0 Å². The quantitative estimate of drug-likeness (QED) is 0.729. The van der Waals surface area contributed by atoms with Gasteiger partial charge in [-0.2, -0.15) is 0 Å². The Balaban J connectivity index is 2.40. The monoisotopic (exact) mass is 273 g/mol. The Labute approximate surface area is 117 Å². The van der Waals surface area contributed by atoms with Crippen LogP contribution in [0.3, 0.4) is 0 Å². The molecule has 2 nitrogen and oxygen atoms in total. The van der Waals surface area contributed by atoms with Gasteiger partial charge in [-0.1, -0.05) is 20.8 Å². The third kappa shape index (κ3) is 4.15.